The Labute approximate surface area is 89.8 Å². The van der Waals surface area contributed by atoms with Crippen molar-refractivity contribution in [1.82, 2.24) is 19.9 Å². The molecule has 1 aliphatic heterocycles. The van der Waals surface area contributed by atoms with Crippen LogP contribution in [0.4, 0.5) is 4.79 Å². The Hall–Kier alpha value is -2.25. The highest BCUT2D eigenvalue weighted by molar-refractivity contribution is 5.92. The van der Waals surface area contributed by atoms with E-state index in [1.165, 1.54) is 10.9 Å². The van der Waals surface area contributed by atoms with Gasteiger partial charge in [0.1, 0.15) is 18.8 Å². The lowest BCUT2D eigenvalue weighted by Gasteiger charge is -2.09. The molecule has 0 aromatic carbocycles. The van der Waals surface area contributed by atoms with Gasteiger partial charge in [-0.1, -0.05) is 5.21 Å². The highest BCUT2D eigenvalue weighted by Gasteiger charge is 2.28. The number of carbonyl (C=O) groups excluding carboxylic acids is 3. The van der Waals surface area contributed by atoms with Crippen LogP contribution in [0.3, 0.4) is 0 Å². The molecule has 2 rings (SSSR count). The predicted octanol–water partition coefficient (Wildman–Crippen LogP) is -0.931. The summed E-state index contributed by atoms with van der Waals surface area (Å²) in [6.07, 6.45) is 1.20. The van der Waals surface area contributed by atoms with Gasteiger partial charge in [-0.25, -0.2) is 14.4 Å². The molecule has 2 heterocycles. The first-order chi connectivity index (χ1) is 7.70. The number of amides is 2. The van der Waals surface area contributed by atoms with Crippen molar-refractivity contribution in [2.24, 2.45) is 0 Å². The Morgan fingerprint density at radius 1 is 1.62 bits per heavy atom. The molecule has 0 atom stereocenters. The number of hydrogen-bond donors (Lipinski definition) is 0. The zero-order valence-corrected chi connectivity index (χ0v) is 8.20. The summed E-state index contributed by atoms with van der Waals surface area (Å²) in [7, 11) is 0. The molecule has 1 fully saturated rings. The average molecular weight is 224 g/mol. The molecule has 8 nitrogen and oxygen atoms in total. The lowest BCUT2D eigenvalue weighted by atomic mass is 10.5. The summed E-state index contributed by atoms with van der Waals surface area (Å²) in [6.45, 7) is 0.310. The Bertz CT molecular complexity index is 441. The van der Waals surface area contributed by atoms with Crippen molar-refractivity contribution in [3.8, 4) is 0 Å². The molecule has 1 aliphatic rings. The smallest absolute Gasteiger partial charge is 0.416 e. The van der Waals surface area contributed by atoms with Crippen LogP contribution in [0.1, 0.15) is 10.5 Å². The van der Waals surface area contributed by atoms with Crippen molar-refractivity contribution in [2.45, 2.75) is 6.54 Å². The van der Waals surface area contributed by atoms with Crippen LogP contribution in [-0.2, 0) is 16.1 Å². The molecule has 1 aromatic heterocycles. The van der Waals surface area contributed by atoms with E-state index in [2.05, 4.69) is 15.0 Å². The molecule has 84 valence electrons. The maximum atomic E-state index is 11.6. The summed E-state index contributed by atoms with van der Waals surface area (Å²) >= 11 is 0. The maximum Gasteiger partial charge on any atom is 0.416 e. The number of ether oxygens (including phenoxy) is 1. The number of carbonyl (C=O) groups is 3. The quantitative estimate of drug-likeness (QED) is 0.615. The molecule has 0 bridgehead atoms. The minimum Gasteiger partial charge on any atom is -0.447 e. The zero-order valence-electron chi connectivity index (χ0n) is 8.20. The Kier molecular flexibility index (Phi) is 2.63. The van der Waals surface area contributed by atoms with Gasteiger partial charge in [-0.05, 0) is 0 Å². The van der Waals surface area contributed by atoms with E-state index in [-0.39, 0.29) is 25.4 Å². The minimum atomic E-state index is -0.652. The van der Waals surface area contributed by atoms with E-state index >= 15 is 0 Å². The second-order valence-corrected chi connectivity index (χ2v) is 3.12. The number of aromatic nitrogens is 3. The van der Waals surface area contributed by atoms with Gasteiger partial charge in [0.2, 0.25) is 0 Å². The Balaban J connectivity index is 2.01. The minimum absolute atomic E-state index is 0.136. The van der Waals surface area contributed by atoms with E-state index in [1.807, 2.05) is 0 Å². The largest absolute Gasteiger partial charge is 0.447 e. The van der Waals surface area contributed by atoms with Gasteiger partial charge in [0.25, 0.3) is 5.91 Å². The summed E-state index contributed by atoms with van der Waals surface area (Å²) in [5.41, 5.74) is 0.136. The van der Waals surface area contributed by atoms with Crippen LogP contribution in [0.2, 0.25) is 0 Å². The molecule has 1 saturated heterocycles. The van der Waals surface area contributed by atoms with Gasteiger partial charge < -0.3 is 4.74 Å². The highest BCUT2D eigenvalue weighted by atomic mass is 16.6. The van der Waals surface area contributed by atoms with Crippen molar-refractivity contribution in [2.75, 3.05) is 13.2 Å². The van der Waals surface area contributed by atoms with Crippen LogP contribution in [0, 0.1) is 0 Å². The standard InChI is InChI=1S/C8H8N4O4/c13-5-6-3-11(10-9-6)4-7(14)12-1-2-16-8(12)15/h3,5H,1-2,4H2. The lowest BCUT2D eigenvalue weighted by Crippen LogP contribution is -2.34. The van der Waals surface area contributed by atoms with Gasteiger partial charge in [0.05, 0.1) is 12.7 Å². The van der Waals surface area contributed by atoms with Gasteiger partial charge in [0, 0.05) is 0 Å². The topological polar surface area (TPSA) is 94.4 Å². The van der Waals surface area contributed by atoms with Crippen LogP contribution in [0.5, 0.6) is 0 Å². The lowest BCUT2D eigenvalue weighted by molar-refractivity contribution is -0.128. The van der Waals surface area contributed by atoms with Crippen LogP contribution in [-0.4, -0.2) is 51.3 Å². The highest BCUT2D eigenvalue weighted by Crippen LogP contribution is 2.04. The van der Waals surface area contributed by atoms with Crippen molar-refractivity contribution in [1.29, 1.82) is 0 Å². The summed E-state index contributed by atoms with van der Waals surface area (Å²) in [4.78, 5) is 33.9. The first-order valence-corrected chi connectivity index (χ1v) is 4.53. The fourth-order valence-electron chi connectivity index (χ4n) is 1.29. The molecule has 0 unspecified atom stereocenters. The number of imide groups is 1. The molecule has 2 amide bonds. The monoisotopic (exact) mass is 224 g/mol. The van der Waals surface area contributed by atoms with Gasteiger partial charge in [-0.3, -0.25) is 9.59 Å². The number of nitrogens with zero attached hydrogens (tertiary/aromatic N) is 4. The van der Waals surface area contributed by atoms with Crippen LogP contribution in [0.15, 0.2) is 6.20 Å². The molecular weight excluding hydrogens is 216 g/mol. The van der Waals surface area contributed by atoms with Gasteiger partial charge in [-0.2, -0.15) is 0 Å². The SMILES string of the molecule is O=Cc1cn(CC(=O)N2CCOC2=O)nn1. The number of hydrogen-bond acceptors (Lipinski definition) is 6. The van der Waals surface area contributed by atoms with Crippen molar-refractivity contribution in [3.63, 3.8) is 0 Å². The number of rotatable bonds is 3. The third-order valence-electron chi connectivity index (χ3n) is 2.04. The molecule has 0 radical (unpaired) electrons. The van der Waals surface area contributed by atoms with E-state index in [9.17, 15) is 14.4 Å². The van der Waals surface area contributed by atoms with Gasteiger partial charge >= 0.3 is 6.09 Å². The van der Waals surface area contributed by atoms with Gasteiger partial charge in [-0.15, -0.1) is 5.10 Å². The fourth-order valence-corrected chi connectivity index (χ4v) is 1.29. The average Bonchev–Trinajstić information content (AvgIpc) is 2.86. The van der Waals surface area contributed by atoms with Crippen molar-refractivity contribution >= 4 is 18.3 Å². The van der Waals surface area contributed by atoms with E-state index in [0.29, 0.717) is 6.29 Å². The van der Waals surface area contributed by atoms with Crippen LogP contribution in [0.25, 0.3) is 0 Å². The predicted molar refractivity (Wildman–Crippen MR) is 48.5 cm³/mol. The molecule has 16 heavy (non-hydrogen) atoms. The molecule has 0 aliphatic carbocycles. The number of aldehydes is 1. The first-order valence-electron chi connectivity index (χ1n) is 4.53. The maximum absolute atomic E-state index is 11.6. The summed E-state index contributed by atoms with van der Waals surface area (Å²) < 4.78 is 5.81. The third kappa shape index (κ3) is 1.90. The number of cyclic esters (lactones) is 1. The fraction of sp³-hybridized carbons (Fsp3) is 0.375. The molecule has 0 spiro atoms. The van der Waals surface area contributed by atoms with Crippen LogP contribution < -0.4 is 0 Å². The molecular formula is C8H8N4O4. The molecule has 1 aromatic rings. The van der Waals surface area contributed by atoms with E-state index < -0.39 is 12.0 Å². The second kappa shape index (κ2) is 4.09. The summed E-state index contributed by atoms with van der Waals surface area (Å²) in [5, 5.41) is 7.05. The molecule has 8 heteroatoms. The van der Waals surface area contributed by atoms with E-state index in [1.54, 1.807) is 0 Å². The Morgan fingerprint density at radius 2 is 2.44 bits per heavy atom. The van der Waals surface area contributed by atoms with Gasteiger partial charge in [0.15, 0.2) is 6.29 Å². The Morgan fingerprint density at radius 3 is 3.00 bits per heavy atom. The summed E-state index contributed by atoms with van der Waals surface area (Å²) in [6, 6.07) is 0. The van der Waals surface area contributed by atoms with E-state index in [4.69, 9.17) is 0 Å². The van der Waals surface area contributed by atoms with E-state index in [0.717, 1.165) is 4.90 Å². The van der Waals surface area contributed by atoms with Crippen LogP contribution >= 0.6 is 0 Å². The van der Waals surface area contributed by atoms with Crippen molar-refractivity contribution < 1.29 is 19.1 Å². The molecule has 0 N–H and O–H groups in total. The first kappa shape index (κ1) is 10.3. The second-order valence-electron chi connectivity index (χ2n) is 3.12. The summed E-state index contributed by atoms with van der Waals surface area (Å²) in [5.74, 6) is -0.440. The molecule has 0 saturated carbocycles. The zero-order chi connectivity index (χ0) is 11.5. The normalized spacial score (nSPS) is 15.0. The third-order valence-corrected chi connectivity index (χ3v) is 2.04. The van der Waals surface area contributed by atoms with Crippen molar-refractivity contribution in [3.05, 3.63) is 11.9 Å².